The first-order valence-corrected chi connectivity index (χ1v) is 11.8. The van der Waals surface area contributed by atoms with Crippen molar-refractivity contribution in [3.05, 3.63) is 64.8 Å². The second kappa shape index (κ2) is 9.81. The number of rotatable bonds is 7. The largest absolute Gasteiger partial charge is 0.416 e. The molecule has 0 saturated heterocycles. The summed E-state index contributed by atoms with van der Waals surface area (Å²) in [5.74, 6) is 0.475. The molecule has 0 aliphatic rings. The summed E-state index contributed by atoms with van der Waals surface area (Å²) in [5, 5.41) is 7.46. The Bertz CT molecular complexity index is 1060. The second-order valence-corrected chi connectivity index (χ2v) is 9.53. The maximum Gasteiger partial charge on any atom is 0.416 e. The van der Waals surface area contributed by atoms with E-state index < -0.39 is 11.7 Å². The predicted molar refractivity (Wildman–Crippen MR) is 121 cm³/mol. The van der Waals surface area contributed by atoms with Crippen LogP contribution in [0.3, 0.4) is 0 Å². The van der Waals surface area contributed by atoms with Crippen molar-refractivity contribution in [2.45, 2.75) is 12.8 Å². The highest BCUT2D eigenvalue weighted by atomic mass is 35.5. The number of nitrogens with one attached hydrogen (secondary N) is 2. The lowest BCUT2D eigenvalue weighted by molar-refractivity contribution is -0.138. The van der Waals surface area contributed by atoms with Gasteiger partial charge in [-0.25, -0.2) is 4.98 Å². The number of hydrogen-bond donors (Lipinski definition) is 2. The van der Waals surface area contributed by atoms with Crippen LogP contribution in [0, 0.1) is 0 Å². The van der Waals surface area contributed by atoms with Gasteiger partial charge in [0.15, 0.2) is 5.82 Å². The Labute approximate surface area is 184 Å². The minimum Gasteiger partial charge on any atom is -0.380 e. The summed E-state index contributed by atoms with van der Waals surface area (Å²) >= 11 is 6.25. The van der Waals surface area contributed by atoms with Crippen molar-refractivity contribution in [2.75, 3.05) is 31.1 Å². The van der Waals surface area contributed by atoms with Crippen LogP contribution in [0.4, 0.5) is 36.3 Å². The van der Waals surface area contributed by atoms with Gasteiger partial charge in [0.05, 0.1) is 18.4 Å². The van der Waals surface area contributed by atoms with Crippen LogP contribution in [0.15, 0.2) is 48.7 Å². The molecule has 2 N–H and O–H groups in total. The molecule has 0 aliphatic carbocycles. The summed E-state index contributed by atoms with van der Waals surface area (Å²) in [6.45, 7) is 4.13. The van der Waals surface area contributed by atoms with E-state index in [0.29, 0.717) is 10.8 Å². The van der Waals surface area contributed by atoms with Gasteiger partial charge in [0.25, 0.3) is 0 Å². The summed E-state index contributed by atoms with van der Waals surface area (Å²) in [4.78, 5) is 8.44. The molecule has 0 bridgehead atoms. The molecule has 0 fully saturated rings. The van der Waals surface area contributed by atoms with E-state index in [1.165, 1.54) is 25.4 Å². The van der Waals surface area contributed by atoms with Gasteiger partial charge >= 0.3 is 6.18 Å². The number of benzene rings is 2. The van der Waals surface area contributed by atoms with Crippen molar-refractivity contribution < 1.29 is 17.9 Å². The van der Waals surface area contributed by atoms with Crippen molar-refractivity contribution in [1.82, 2.24) is 9.97 Å². The fraction of sp³-hybridized carbons (Fsp3) is 0.238. The van der Waals surface area contributed by atoms with E-state index >= 15 is 0 Å². The normalized spacial score (nSPS) is 11.6. The van der Waals surface area contributed by atoms with Gasteiger partial charge in [0.2, 0.25) is 5.95 Å². The Kier molecular flexibility index (Phi) is 7.36. The van der Waals surface area contributed by atoms with Gasteiger partial charge in [0, 0.05) is 18.5 Å². The zero-order chi connectivity index (χ0) is 22.6. The lowest BCUT2D eigenvalue weighted by atomic mass is 10.1. The molecule has 0 unspecified atom stereocenters. The Morgan fingerprint density at radius 3 is 2.52 bits per heavy atom. The highest BCUT2D eigenvalue weighted by Gasteiger charge is 2.33. The molecule has 0 spiro atoms. The summed E-state index contributed by atoms with van der Waals surface area (Å²) in [5.41, 5.74) is 0.340. The zero-order valence-electron chi connectivity index (χ0n) is 17.1. The van der Waals surface area contributed by atoms with Crippen molar-refractivity contribution in [1.29, 1.82) is 0 Å². The molecule has 0 atom stereocenters. The molecule has 164 valence electrons. The van der Waals surface area contributed by atoms with Gasteiger partial charge in [-0.15, -0.1) is 0 Å². The minimum absolute atomic E-state index is 0.0483. The van der Waals surface area contributed by atoms with Crippen molar-refractivity contribution in [3.8, 4) is 0 Å². The van der Waals surface area contributed by atoms with Crippen LogP contribution in [0.2, 0.25) is 5.02 Å². The van der Waals surface area contributed by atoms with E-state index in [-0.39, 0.29) is 31.7 Å². The van der Waals surface area contributed by atoms with Crippen molar-refractivity contribution in [2.24, 2.45) is 0 Å². The topological polar surface area (TPSA) is 59.1 Å². The van der Waals surface area contributed by atoms with Gasteiger partial charge < -0.3 is 15.4 Å². The van der Waals surface area contributed by atoms with E-state index in [4.69, 9.17) is 16.3 Å². The van der Waals surface area contributed by atoms with Crippen LogP contribution in [-0.4, -0.2) is 30.4 Å². The number of para-hydroxylation sites is 1. The third-order valence-corrected chi connectivity index (χ3v) is 5.98. The average molecular weight is 469 g/mol. The van der Waals surface area contributed by atoms with Crippen molar-refractivity contribution >= 4 is 48.0 Å². The Hall–Kier alpha value is -2.41. The molecule has 5 nitrogen and oxygen atoms in total. The second-order valence-electron chi connectivity index (χ2n) is 6.85. The minimum atomic E-state index is -4.51. The van der Waals surface area contributed by atoms with Crippen LogP contribution >= 0.6 is 19.5 Å². The fourth-order valence-electron chi connectivity index (χ4n) is 2.94. The highest BCUT2D eigenvalue weighted by molar-refractivity contribution is 7.64. The van der Waals surface area contributed by atoms with E-state index in [1.807, 2.05) is 24.3 Å². The molecule has 1 aromatic heterocycles. The van der Waals surface area contributed by atoms with Crippen LogP contribution in [0.25, 0.3) is 0 Å². The maximum absolute atomic E-state index is 13.4. The number of hydrogen-bond acceptors (Lipinski definition) is 5. The number of aromatic nitrogens is 2. The van der Waals surface area contributed by atoms with E-state index in [1.54, 1.807) is 0 Å². The first kappa shape index (κ1) is 23.3. The van der Waals surface area contributed by atoms with Crippen LogP contribution < -0.4 is 15.9 Å². The number of halogens is 4. The number of methoxy groups -OCH3 is 1. The summed E-state index contributed by atoms with van der Waals surface area (Å²) in [6, 6.07) is 11.7. The number of nitrogens with zero attached hydrogens (tertiary/aromatic N) is 2. The van der Waals surface area contributed by atoms with Gasteiger partial charge in [0.1, 0.15) is 5.02 Å². The molecule has 3 aromatic rings. The quantitative estimate of drug-likeness (QED) is 0.407. The molecule has 10 heteroatoms. The first-order chi connectivity index (χ1) is 14.7. The van der Waals surface area contributed by atoms with E-state index in [2.05, 4.69) is 33.9 Å². The Morgan fingerprint density at radius 1 is 1.10 bits per heavy atom. The Balaban J connectivity index is 1.89. The standard InChI is InChI=1S/C21H21ClF3N4OP/c1-30-12-13-8-9-14(10-15(13)21(23,24)25)27-20-26-11-16(22)19(29-20)28-17-6-4-5-7-18(17)31(2)3/h4-11H,12H2,1-3H3,(H2,26,27,28,29). The molecule has 31 heavy (non-hydrogen) atoms. The lowest BCUT2D eigenvalue weighted by Gasteiger charge is -2.16. The molecule has 1 heterocycles. The molecule has 0 aliphatic heterocycles. The predicted octanol–water partition coefficient (Wildman–Crippen LogP) is 6.15. The summed E-state index contributed by atoms with van der Waals surface area (Å²) in [7, 11) is 0.976. The average Bonchev–Trinajstić information content (AvgIpc) is 2.71. The van der Waals surface area contributed by atoms with Gasteiger partial charge in [-0.2, -0.15) is 18.2 Å². The molecule has 0 amide bonds. The number of ether oxygens (including phenoxy) is 1. The summed E-state index contributed by atoms with van der Waals surface area (Å²) < 4.78 is 45.1. The van der Waals surface area contributed by atoms with E-state index in [0.717, 1.165) is 17.1 Å². The molecular weight excluding hydrogens is 448 g/mol. The monoisotopic (exact) mass is 468 g/mol. The van der Waals surface area contributed by atoms with Crippen LogP contribution in [-0.2, 0) is 17.5 Å². The molecule has 2 aromatic carbocycles. The first-order valence-electron chi connectivity index (χ1n) is 9.21. The van der Waals surface area contributed by atoms with Gasteiger partial charge in [-0.05, 0) is 42.4 Å². The molecule has 3 rings (SSSR count). The maximum atomic E-state index is 13.4. The van der Waals surface area contributed by atoms with Gasteiger partial charge in [-0.3, -0.25) is 0 Å². The molecule has 0 radical (unpaired) electrons. The third-order valence-electron chi connectivity index (χ3n) is 4.35. The zero-order valence-corrected chi connectivity index (χ0v) is 18.7. The summed E-state index contributed by atoms with van der Waals surface area (Å²) in [6.07, 6.45) is -3.12. The van der Waals surface area contributed by atoms with Crippen LogP contribution in [0.1, 0.15) is 11.1 Å². The van der Waals surface area contributed by atoms with Crippen molar-refractivity contribution in [3.63, 3.8) is 0 Å². The lowest BCUT2D eigenvalue weighted by Crippen LogP contribution is -2.11. The Morgan fingerprint density at radius 2 is 1.84 bits per heavy atom. The van der Waals surface area contributed by atoms with Crippen LogP contribution in [0.5, 0.6) is 0 Å². The number of anilines is 4. The fourth-order valence-corrected chi connectivity index (χ4v) is 4.08. The number of alkyl halides is 3. The van der Waals surface area contributed by atoms with E-state index in [9.17, 15) is 13.2 Å². The third kappa shape index (κ3) is 5.85. The van der Waals surface area contributed by atoms with Gasteiger partial charge in [-0.1, -0.05) is 43.8 Å². The highest BCUT2D eigenvalue weighted by Crippen LogP contribution is 2.35. The SMILES string of the molecule is COCc1ccc(Nc2ncc(Cl)c(Nc3ccccc3P(C)C)n2)cc1C(F)(F)F. The molecular formula is C21H21ClF3N4OP. The smallest absolute Gasteiger partial charge is 0.380 e. The molecule has 0 saturated carbocycles.